The molecule has 0 atom stereocenters. The Labute approximate surface area is 156 Å². The van der Waals surface area contributed by atoms with E-state index in [9.17, 15) is 9.90 Å². The Morgan fingerprint density at radius 2 is 2.12 bits per heavy atom. The molecule has 1 aliphatic carbocycles. The molecule has 1 amide bonds. The Balaban J connectivity index is 1.75. The highest BCUT2D eigenvalue weighted by molar-refractivity contribution is 9.11. The predicted octanol–water partition coefficient (Wildman–Crippen LogP) is 4.88. The van der Waals surface area contributed by atoms with Gasteiger partial charge in [0.25, 0.3) is 0 Å². The van der Waals surface area contributed by atoms with Crippen molar-refractivity contribution in [2.24, 2.45) is 0 Å². The first kappa shape index (κ1) is 16.5. The van der Waals surface area contributed by atoms with Crippen LogP contribution in [0.1, 0.15) is 37.9 Å². The molecular weight excluding hydrogens is 404 g/mol. The van der Waals surface area contributed by atoms with Crippen LogP contribution in [-0.4, -0.2) is 26.2 Å². The Bertz CT molecular complexity index is 930. The molecule has 4 rings (SSSR count). The minimum absolute atomic E-state index is 0.618. The van der Waals surface area contributed by atoms with Gasteiger partial charge in [-0.2, -0.15) is 0 Å². The number of nitrogens with zero attached hydrogens (tertiary/aromatic N) is 2. The number of hydrogen-bond donors (Lipinski definition) is 3. The van der Waals surface area contributed by atoms with E-state index in [-0.39, 0.29) is 0 Å². The molecule has 0 bridgehead atoms. The minimum atomic E-state index is -1.00. The summed E-state index contributed by atoms with van der Waals surface area (Å²) < 4.78 is 0.986. The Morgan fingerprint density at radius 3 is 2.80 bits per heavy atom. The summed E-state index contributed by atoms with van der Waals surface area (Å²) in [5, 5.41) is 13.0. The molecule has 0 saturated heterocycles. The fourth-order valence-corrected chi connectivity index (χ4v) is 4.74. The molecule has 1 fully saturated rings. The summed E-state index contributed by atoms with van der Waals surface area (Å²) in [6, 6.07) is 5.97. The second-order valence-electron chi connectivity index (χ2n) is 6.36. The number of amides is 1. The smallest absolute Gasteiger partial charge is 0.405 e. The van der Waals surface area contributed by atoms with Gasteiger partial charge in [0, 0.05) is 5.56 Å². The van der Waals surface area contributed by atoms with Crippen molar-refractivity contribution in [1.29, 1.82) is 0 Å². The van der Waals surface area contributed by atoms with Gasteiger partial charge in [-0.15, -0.1) is 11.3 Å². The molecule has 2 heterocycles. The molecule has 3 aromatic rings. The largest absolute Gasteiger partial charge is 0.465 e. The molecule has 25 heavy (non-hydrogen) atoms. The van der Waals surface area contributed by atoms with Gasteiger partial charge in [-0.1, -0.05) is 19.3 Å². The average Bonchev–Trinajstić information content (AvgIpc) is 3.20. The molecule has 3 N–H and O–H groups in total. The molecule has 1 aliphatic rings. The Hall–Kier alpha value is -1.93. The van der Waals surface area contributed by atoms with Crippen LogP contribution in [0.2, 0.25) is 0 Å². The zero-order valence-corrected chi connectivity index (χ0v) is 15.8. The van der Waals surface area contributed by atoms with Crippen molar-refractivity contribution in [3.05, 3.63) is 34.0 Å². The summed E-state index contributed by atoms with van der Waals surface area (Å²) in [5.74, 6) is 0.710. The molecule has 2 aromatic heterocycles. The van der Waals surface area contributed by atoms with E-state index in [2.05, 4.69) is 31.2 Å². The SMILES string of the molecule is O=C(O)NC1(c2nc3ccc(-c4ncc(Br)s4)cc3[nH]2)CCCCC1. The van der Waals surface area contributed by atoms with E-state index in [0.29, 0.717) is 5.82 Å². The summed E-state index contributed by atoms with van der Waals surface area (Å²) in [7, 11) is 0. The van der Waals surface area contributed by atoms with Crippen molar-refractivity contribution in [2.75, 3.05) is 0 Å². The van der Waals surface area contributed by atoms with Crippen molar-refractivity contribution in [1.82, 2.24) is 20.3 Å². The number of fused-ring (bicyclic) bond motifs is 1. The van der Waals surface area contributed by atoms with Crippen LogP contribution < -0.4 is 5.32 Å². The number of aromatic nitrogens is 3. The third kappa shape index (κ3) is 3.16. The van der Waals surface area contributed by atoms with Crippen LogP contribution in [0.25, 0.3) is 21.6 Å². The van der Waals surface area contributed by atoms with Gasteiger partial charge in [0.05, 0.1) is 21.0 Å². The maximum atomic E-state index is 11.3. The van der Waals surface area contributed by atoms with Crippen LogP contribution >= 0.6 is 27.3 Å². The third-order valence-electron chi connectivity index (χ3n) is 4.71. The van der Waals surface area contributed by atoms with Crippen LogP contribution in [0.5, 0.6) is 0 Å². The van der Waals surface area contributed by atoms with E-state index in [1.807, 2.05) is 18.2 Å². The Morgan fingerprint density at radius 1 is 1.32 bits per heavy atom. The van der Waals surface area contributed by atoms with Crippen molar-refractivity contribution in [2.45, 2.75) is 37.6 Å². The number of nitrogens with one attached hydrogen (secondary N) is 2. The number of aromatic amines is 1. The summed E-state index contributed by atoms with van der Waals surface area (Å²) in [5.41, 5.74) is 2.14. The van der Waals surface area contributed by atoms with Gasteiger partial charge in [-0.05, 0) is 47.0 Å². The number of H-pyrrole nitrogens is 1. The quantitative estimate of drug-likeness (QED) is 0.563. The summed E-state index contributed by atoms with van der Waals surface area (Å²) in [4.78, 5) is 23.8. The van der Waals surface area contributed by atoms with Gasteiger partial charge >= 0.3 is 6.09 Å². The summed E-state index contributed by atoms with van der Waals surface area (Å²) in [6.45, 7) is 0. The van der Waals surface area contributed by atoms with Gasteiger partial charge in [-0.3, -0.25) is 0 Å². The normalized spacial score (nSPS) is 16.8. The second kappa shape index (κ2) is 6.42. The van der Waals surface area contributed by atoms with Crippen molar-refractivity contribution >= 4 is 44.4 Å². The fourth-order valence-electron chi connectivity index (χ4n) is 3.54. The number of carboxylic acid groups (broad SMARTS) is 1. The maximum absolute atomic E-state index is 11.3. The zero-order valence-electron chi connectivity index (χ0n) is 13.4. The molecular formula is C17H17BrN4O2S. The molecule has 1 aromatic carbocycles. The number of benzene rings is 1. The second-order valence-corrected chi connectivity index (χ2v) is 8.77. The van der Waals surface area contributed by atoms with E-state index < -0.39 is 11.6 Å². The topological polar surface area (TPSA) is 90.9 Å². The molecule has 130 valence electrons. The summed E-state index contributed by atoms with van der Waals surface area (Å²) >= 11 is 5.01. The predicted molar refractivity (Wildman–Crippen MR) is 101 cm³/mol. The molecule has 0 unspecified atom stereocenters. The third-order valence-corrected chi connectivity index (χ3v) is 6.24. The molecule has 1 saturated carbocycles. The molecule has 6 nitrogen and oxygen atoms in total. The van der Waals surface area contributed by atoms with Crippen LogP contribution in [0.15, 0.2) is 28.2 Å². The zero-order chi connectivity index (χ0) is 17.4. The van der Waals surface area contributed by atoms with E-state index in [0.717, 1.165) is 57.5 Å². The lowest BCUT2D eigenvalue weighted by atomic mass is 9.81. The average molecular weight is 421 g/mol. The molecule has 8 heteroatoms. The van der Waals surface area contributed by atoms with E-state index >= 15 is 0 Å². The first-order valence-corrected chi connectivity index (χ1v) is 9.80. The highest BCUT2D eigenvalue weighted by Crippen LogP contribution is 2.37. The molecule has 0 radical (unpaired) electrons. The number of halogens is 1. The molecule has 0 aliphatic heterocycles. The standard InChI is InChI=1S/C17H17BrN4O2S/c18-13-9-19-14(25-13)10-4-5-11-12(8-10)21-15(20-11)17(22-16(23)24)6-2-1-3-7-17/h4-5,8-9,22H,1-3,6-7H2,(H,20,21)(H,23,24). The monoisotopic (exact) mass is 420 g/mol. The van der Waals surface area contributed by atoms with Crippen molar-refractivity contribution in [3.63, 3.8) is 0 Å². The maximum Gasteiger partial charge on any atom is 0.405 e. The van der Waals surface area contributed by atoms with Gasteiger partial charge in [0.1, 0.15) is 16.4 Å². The molecule has 0 spiro atoms. The highest BCUT2D eigenvalue weighted by atomic mass is 79.9. The van der Waals surface area contributed by atoms with Gasteiger partial charge in [0.2, 0.25) is 0 Å². The summed E-state index contributed by atoms with van der Waals surface area (Å²) in [6.07, 6.45) is 5.45. The van der Waals surface area contributed by atoms with Crippen LogP contribution in [-0.2, 0) is 5.54 Å². The highest BCUT2D eigenvalue weighted by Gasteiger charge is 2.38. The number of carbonyl (C=O) groups is 1. The number of hydrogen-bond acceptors (Lipinski definition) is 4. The van der Waals surface area contributed by atoms with Crippen LogP contribution in [0, 0.1) is 0 Å². The minimum Gasteiger partial charge on any atom is -0.465 e. The van der Waals surface area contributed by atoms with Gasteiger partial charge < -0.3 is 15.4 Å². The van der Waals surface area contributed by atoms with E-state index in [1.54, 1.807) is 17.5 Å². The lowest BCUT2D eigenvalue weighted by molar-refractivity contribution is 0.159. The van der Waals surface area contributed by atoms with Crippen LogP contribution in [0.4, 0.5) is 4.79 Å². The Kier molecular flexibility index (Phi) is 4.24. The number of imidazole rings is 1. The van der Waals surface area contributed by atoms with Crippen molar-refractivity contribution < 1.29 is 9.90 Å². The van der Waals surface area contributed by atoms with E-state index in [4.69, 9.17) is 4.98 Å². The fraction of sp³-hybridized carbons (Fsp3) is 0.353. The van der Waals surface area contributed by atoms with E-state index in [1.165, 1.54) is 0 Å². The van der Waals surface area contributed by atoms with Crippen LogP contribution in [0.3, 0.4) is 0 Å². The number of rotatable bonds is 3. The first-order valence-electron chi connectivity index (χ1n) is 8.19. The number of thiazole rings is 1. The lowest BCUT2D eigenvalue weighted by Gasteiger charge is -2.35. The first-order chi connectivity index (χ1) is 12.1. The lowest BCUT2D eigenvalue weighted by Crippen LogP contribution is -2.47. The van der Waals surface area contributed by atoms with Crippen molar-refractivity contribution in [3.8, 4) is 10.6 Å². The van der Waals surface area contributed by atoms with Gasteiger partial charge in [0.15, 0.2) is 0 Å². The van der Waals surface area contributed by atoms with Gasteiger partial charge in [-0.25, -0.2) is 14.8 Å².